The van der Waals surface area contributed by atoms with Gasteiger partial charge in [-0.3, -0.25) is 23.5 Å². The highest BCUT2D eigenvalue weighted by molar-refractivity contribution is 7.99. The van der Waals surface area contributed by atoms with E-state index < -0.39 is 0 Å². The van der Waals surface area contributed by atoms with Crippen molar-refractivity contribution in [3.05, 3.63) is 90.1 Å². The molecule has 0 saturated carbocycles. The van der Waals surface area contributed by atoms with Gasteiger partial charge in [0.05, 0.1) is 22.9 Å². The van der Waals surface area contributed by atoms with Crippen molar-refractivity contribution in [1.82, 2.24) is 29.1 Å². The van der Waals surface area contributed by atoms with Crippen LogP contribution >= 0.6 is 11.8 Å². The van der Waals surface area contributed by atoms with Crippen molar-refractivity contribution in [3.63, 3.8) is 0 Å². The van der Waals surface area contributed by atoms with Gasteiger partial charge in [0.1, 0.15) is 5.75 Å². The number of nitrogens with one attached hydrogen (secondary N) is 1. The molecule has 0 aliphatic carbocycles. The molecular formula is C24H19N7O3S. The molecule has 0 aliphatic heterocycles. The third-order valence-electron chi connectivity index (χ3n) is 5.00. The summed E-state index contributed by atoms with van der Waals surface area (Å²) in [6, 6.07) is 14.2. The molecule has 3 aromatic heterocycles. The van der Waals surface area contributed by atoms with E-state index >= 15 is 0 Å². The van der Waals surface area contributed by atoms with Crippen molar-refractivity contribution >= 4 is 40.0 Å². The van der Waals surface area contributed by atoms with Crippen LogP contribution < -0.4 is 15.6 Å². The largest absolute Gasteiger partial charge is 0.437 e. The Morgan fingerprint density at radius 3 is 2.86 bits per heavy atom. The predicted octanol–water partition coefficient (Wildman–Crippen LogP) is 3.54. The van der Waals surface area contributed by atoms with Crippen LogP contribution in [0.1, 0.15) is 0 Å². The minimum atomic E-state index is -0.230. The number of carbonyl (C=O) groups is 1. The normalized spacial score (nSPS) is 11.0. The maximum absolute atomic E-state index is 12.9. The molecule has 5 rings (SSSR count). The topological polar surface area (TPSA) is 116 Å². The third kappa shape index (κ3) is 4.62. The second-order valence-electron chi connectivity index (χ2n) is 7.35. The molecule has 0 spiro atoms. The van der Waals surface area contributed by atoms with Gasteiger partial charge < -0.3 is 10.1 Å². The van der Waals surface area contributed by atoms with Crippen molar-refractivity contribution in [2.45, 2.75) is 11.7 Å². The van der Waals surface area contributed by atoms with Gasteiger partial charge in [-0.2, -0.15) is 0 Å². The van der Waals surface area contributed by atoms with E-state index in [0.717, 1.165) is 0 Å². The van der Waals surface area contributed by atoms with Gasteiger partial charge in [-0.1, -0.05) is 36.0 Å². The van der Waals surface area contributed by atoms with E-state index in [1.165, 1.54) is 28.7 Å². The Morgan fingerprint density at radius 2 is 2.03 bits per heavy atom. The molecule has 0 radical (unpaired) electrons. The Labute approximate surface area is 203 Å². The summed E-state index contributed by atoms with van der Waals surface area (Å²) in [4.78, 5) is 33.6. The number of para-hydroxylation sites is 1. The van der Waals surface area contributed by atoms with E-state index in [4.69, 9.17) is 4.74 Å². The van der Waals surface area contributed by atoms with Gasteiger partial charge in [0, 0.05) is 30.7 Å². The zero-order valence-electron chi connectivity index (χ0n) is 18.4. The molecular weight excluding hydrogens is 466 g/mol. The van der Waals surface area contributed by atoms with Crippen LogP contribution in [0, 0.1) is 0 Å². The monoisotopic (exact) mass is 485 g/mol. The van der Waals surface area contributed by atoms with Crippen molar-refractivity contribution in [2.24, 2.45) is 0 Å². The van der Waals surface area contributed by atoms with Crippen LogP contribution in [0.3, 0.4) is 0 Å². The molecule has 0 unspecified atom stereocenters. The van der Waals surface area contributed by atoms with Crippen molar-refractivity contribution in [1.29, 1.82) is 0 Å². The first-order valence-corrected chi connectivity index (χ1v) is 11.6. The molecule has 3 heterocycles. The summed E-state index contributed by atoms with van der Waals surface area (Å²) in [5.41, 5.74) is 1.08. The number of allylic oxidation sites excluding steroid dienone is 1. The lowest BCUT2D eigenvalue weighted by atomic mass is 10.2. The molecule has 35 heavy (non-hydrogen) atoms. The number of rotatable bonds is 8. The number of amides is 1. The molecule has 0 bridgehead atoms. The van der Waals surface area contributed by atoms with E-state index in [0.29, 0.717) is 45.7 Å². The number of thioether (sulfide) groups is 1. The fraction of sp³-hybridized carbons (Fsp3) is 0.0833. The van der Waals surface area contributed by atoms with Gasteiger partial charge in [-0.05, 0) is 24.3 Å². The Bertz CT molecular complexity index is 1600. The maximum atomic E-state index is 12.9. The second kappa shape index (κ2) is 9.77. The molecule has 2 aromatic carbocycles. The second-order valence-corrected chi connectivity index (χ2v) is 8.29. The van der Waals surface area contributed by atoms with Crippen LogP contribution in [-0.2, 0) is 11.3 Å². The van der Waals surface area contributed by atoms with Gasteiger partial charge in [-0.25, -0.2) is 4.98 Å². The molecule has 11 heteroatoms. The summed E-state index contributed by atoms with van der Waals surface area (Å²) in [5, 5.41) is 12.3. The van der Waals surface area contributed by atoms with E-state index in [-0.39, 0.29) is 17.2 Å². The molecule has 174 valence electrons. The average molecular weight is 486 g/mol. The first kappa shape index (κ1) is 22.3. The van der Waals surface area contributed by atoms with Crippen molar-refractivity contribution in [2.75, 3.05) is 11.1 Å². The standard InChI is InChI=1S/C24H19N7O3S/c1-2-12-30-22(33)18-8-3-4-9-19(18)31-23(30)28-29-24(31)35-15-20(32)27-16-6-5-7-17(13-16)34-21-14-25-10-11-26-21/h2-11,13-14H,1,12,15H2,(H,27,32). The highest BCUT2D eigenvalue weighted by Crippen LogP contribution is 2.24. The average Bonchev–Trinajstić information content (AvgIpc) is 3.30. The van der Waals surface area contributed by atoms with Crippen LogP contribution in [0.4, 0.5) is 5.69 Å². The summed E-state index contributed by atoms with van der Waals surface area (Å²) in [7, 11) is 0. The minimum Gasteiger partial charge on any atom is -0.437 e. The van der Waals surface area contributed by atoms with Gasteiger partial charge in [0.2, 0.25) is 17.6 Å². The van der Waals surface area contributed by atoms with Crippen LogP contribution in [0.2, 0.25) is 0 Å². The van der Waals surface area contributed by atoms with E-state index in [1.54, 1.807) is 53.1 Å². The van der Waals surface area contributed by atoms with Gasteiger partial charge in [0.25, 0.3) is 5.56 Å². The summed E-state index contributed by atoms with van der Waals surface area (Å²) in [6.45, 7) is 4.02. The van der Waals surface area contributed by atoms with E-state index in [2.05, 4.69) is 32.1 Å². The van der Waals surface area contributed by atoms with Crippen molar-refractivity contribution in [3.8, 4) is 11.6 Å². The first-order chi connectivity index (χ1) is 17.1. The third-order valence-corrected chi connectivity index (χ3v) is 5.93. The Morgan fingerprint density at radius 1 is 1.14 bits per heavy atom. The number of hydrogen-bond donors (Lipinski definition) is 1. The maximum Gasteiger partial charge on any atom is 0.263 e. The number of ether oxygens (including phenoxy) is 1. The lowest BCUT2D eigenvalue weighted by Crippen LogP contribution is -2.22. The molecule has 0 fully saturated rings. The Balaban J connectivity index is 1.35. The first-order valence-electron chi connectivity index (χ1n) is 10.6. The number of hydrogen-bond acceptors (Lipinski definition) is 8. The number of carbonyl (C=O) groups excluding carboxylic acids is 1. The molecule has 5 aromatic rings. The molecule has 0 atom stereocenters. The predicted molar refractivity (Wildman–Crippen MR) is 133 cm³/mol. The van der Waals surface area contributed by atoms with E-state index in [1.807, 2.05) is 12.1 Å². The zero-order valence-corrected chi connectivity index (χ0v) is 19.2. The molecule has 0 saturated heterocycles. The lowest BCUT2D eigenvalue weighted by molar-refractivity contribution is -0.113. The summed E-state index contributed by atoms with van der Waals surface area (Å²) in [5.74, 6) is 1.13. The quantitative estimate of drug-likeness (QED) is 0.262. The summed E-state index contributed by atoms with van der Waals surface area (Å²) < 4.78 is 8.96. The molecule has 10 nitrogen and oxygen atoms in total. The highest BCUT2D eigenvalue weighted by atomic mass is 32.2. The zero-order chi connectivity index (χ0) is 24.2. The number of nitrogens with zero attached hydrogens (tertiary/aromatic N) is 6. The molecule has 1 N–H and O–H groups in total. The summed E-state index contributed by atoms with van der Waals surface area (Å²) >= 11 is 1.22. The van der Waals surface area contributed by atoms with Crippen LogP contribution in [-0.4, -0.2) is 40.8 Å². The molecule has 1 amide bonds. The van der Waals surface area contributed by atoms with Gasteiger partial charge >= 0.3 is 0 Å². The Kier molecular flexibility index (Phi) is 6.22. The lowest BCUT2D eigenvalue weighted by Gasteiger charge is -2.10. The SMILES string of the molecule is C=CCn1c(=O)c2ccccc2n2c(SCC(=O)Nc3cccc(Oc4cnccn4)c3)nnc12. The fourth-order valence-corrected chi connectivity index (χ4v) is 4.28. The summed E-state index contributed by atoms with van der Waals surface area (Å²) in [6.07, 6.45) is 6.23. The van der Waals surface area contributed by atoms with Crippen LogP contribution in [0.5, 0.6) is 11.6 Å². The fourth-order valence-electron chi connectivity index (χ4n) is 3.54. The number of fused-ring (bicyclic) bond motifs is 3. The number of aromatic nitrogens is 6. The molecule has 0 aliphatic rings. The van der Waals surface area contributed by atoms with Crippen LogP contribution in [0.15, 0.2) is 89.7 Å². The van der Waals surface area contributed by atoms with Gasteiger partial charge in [-0.15, -0.1) is 16.8 Å². The van der Waals surface area contributed by atoms with Crippen LogP contribution in [0.25, 0.3) is 16.7 Å². The smallest absolute Gasteiger partial charge is 0.263 e. The minimum absolute atomic E-state index is 0.0882. The van der Waals surface area contributed by atoms with Gasteiger partial charge in [0.15, 0.2) is 5.16 Å². The highest BCUT2D eigenvalue weighted by Gasteiger charge is 2.17. The van der Waals surface area contributed by atoms with E-state index in [9.17, 15) is 9.59 Å². The number of anilines is 1. The Hall–Kier alpha value is -4.51. The number of benzene rings is 2. The van der Waals surface area contributed by atoms with Crippen molar-refractivity contribution < 1.29 is 9.53 Å².